The number of carbonyl (C=O) groups excluding carboxylic acids is 3. The van der Waals surface area contributed by atoms with Gasteiger partial charge in [-0.3, -0.25) is 9.59 Å². The third kappa shape index (κ3) is 5.98. The summed E-state index contributed by atoms with van der Waals surface area (Å²) in [6, 6.07) is 20.8. The molecule has 0 atom stereocenters. The molecule has 7 nitrogen and oxygen atoms in total. The van der Waals surface area contributed by atoms with Crippen LogP contribution in [0.15, 0.2) is 66.7 Å². The van der Waals surface area contributed by atoms with Crippen molar-refractivity contribution in [2.75, 3.05) is 26.2 Å². The number of amides is 3. The van der Waals surface area contributed by atoms with Crippen LogP contribution in [0.2, 0.25) is 0 Å². The van der Waals surface area contributed by atoms with Gasteiger partial charge in [0.2, 0.25) is 0 Å². The normalized spacial score (nSPS) is 14.0. The average Bonchev–Trinajstić information content (AvgIpc) is 2.86. The zero-order chi connectivity index (χ0) is 25.0. The summed E-state index contributed by atoms with van der Waals surface area (Å²) < 4.78 is 5.24. The SMILES string of the molecule is CC(C)(C)OC(=O)NCc1ccc(C(=O)N2CCN(C(=O)c3cccc4ccccc34)CC2)cc1. The molecule has 0 aliphatic carbocycles. The van der Waals surface area contributed by atoms with Crippen LogP contribution in [0.5, 0.6) is 0 Å². The molecular formula is C28H31N3O4. The van der Waals surface area contributed by atoms with Gasteiger partial charge in [0.15, 0.2) is 0 Å². The molecular weight excluding hydrogens is 442 g/mol. The van der Waals surface area contributed by atoms with Crippen LogP contribution in [0, 0.1) is 0 Å². The molecule has 0 spiro atoms. The fraction of sp³-hybridized carbons (Fsp3) is 0.321. The highest BCUT2D eigenvalue weighted by atomic mass is 16.6. The maximum absolute atomic E-state index is 13.2. The summed E-state index contributed by atoms with van der Waals surface area (Å²) in [7, 11) is 0. The second-order valence-corrected chi connectivity index (χ2v) is 9.66. The largest absolute Gasteiger partial charge is 0.444 e. The van der Waals surface area contributed by atoms with E-state index in [1.807, 2.05) is 80.3 Å². The van der Waals surface area contributed by atoms with E-state index in [1.54, 1.807) is 17.0 Å². The molecule has 1 N–H and O–H groups in total. The molecule has 3 aromatic carbocycles. The molecule has 1 fully saturated rings. The Balaban J connectivity index is 1.32. The first-order valence-corrected chi connectivity index (χ1v) is 11.8. The fourth-order valence-electron chi connectivity index (χ4n) is 4.13. The molecule has 0 unspecified atom stereocenters. The number of benzene rings is 3. The Morgan fingerprint density at radius 3 is 2.06 bits per heavy atom. The minimum atomic E-state index is -0.552. The molecule has 7 heteroatoms. The van der Waals surface area contributed by atoms with Gasteiger partial charge in [0.25, 0.3) is 11.8 Å². The molecule has 182 valence electrons. The molecule has 0 bridgehead atoms. The van der Waals surface area contributed by atoms with Gasteiger partial charge in [-0.25, -0.2) is 4.79 Å². The summed E-state index contributed by atoms with van der Waals surface area (Å²) >= 11 is 0. The first kappa shape index (κ1) is 24.3. The number of nitrogens with one attached hydrogen (secondary N) is 1. The third-order valence-electron chi connectivity index (χ3n) is 5.91. The van der Waals surface area contributed by atoms with E-state index in [4.69, 9.17) is 4.74 Å². The van der Waals surface area contributed by atoms with Crippen molar-refractivity contribution in [1.29, 1.82) is 0 Å². The van der Waals surface area contributed by atoms with E-state index in [9.17, 15) is 14.4 Å². The van der Waals surface area contributed by atoms with Crippen molar-refractivity contribution in [3.8, 4) is 0 Å². The van der Waals surface area contributed by atoms with Gasteiger partial charge in [-0.2, -0.15) is 0 Å². The number of carbonyl (C=O) groups is 3. The lowest BCUT2D eigenvalue weighted by atomic mass is 10.0. The maximum atomic E-state index is 13.2. The van der Waals surface area contributed by atoms with E-state index in [-0.39, 0.29) is 11.8 Å². The van der Waals surface area contributed by atoms with Crippen LogP contribution in [-0.2, 0) is 11.3 Å². The number of alkyl carbamates (subject to hydrolysis) is 1. The molecule has 35 heavy (non-hydrogen) atoms. The first-order valence-electron chi connectivity index (χ1n) is 11.8. The number of hydrogen-bond acceptors (Lipinski definition) is 4. The molecule has 1 aliphatic rings. The predicted octanol–water partition coefficient (Wildman–Crippen LogP) is 4.46. The van der Waals surface area contributed by atoms with Gasteiger partial charge in [0, 0.05) is 43.9 Å². The van der Waals surface area contributed by atoms with Gasteiger partial charge in [-0.05, 0) is 55.3 Å². The minimum absolute atomic E-state index is 0.00395. The van der Waals surface area contributed by atoms with Crippen molar-refractivity contribution in [3.63, 3.8) is 0 Å². The van der Waals surface area contributed by atoms with Crippen LogP contribution in [0.1, 0.15) is 47.1 Å². The van der Waals surface area contributed by atoms with Crippen LogP contribution in [0.4, 0.5) is 4.79 Å². The molecule has 0 aromatic heterocycles. The lowest BCUT2D eigenvalue weighted by Crippen LogP contribution is -2.50. The van der Waals surface area contributed by atoms with Gasteiger partial charge in [0.1, 0.15) is 5.60 Å². The van der Waals surface area contributed by atoms with Crippen molar-refractivity contribution in [2.24, 2.45) is 0 Å². The zero-order valence-corrected chi connectivity index (χ0v) is 20.4. The highest BCUT2D eigenvalue weighted by Gasteiger charge is 2.26. The van der Waals surface area contributed by atoms with Crippen molar-refractivity contribution < 1.29 is 19.1 Å². The fourth-order valence-corrected chi connectivity index (χ4v) is 4.13. The molecule has 1 aliphatic heterocycles. The number of hydrogen-bond donors (Lipinski definition) is 1. The lowest BCUT2D eigenvalue weighted by Gasteiger charge is -2.35. The summed E-state index contributed by atoms with van der Waals surface area (Å²) in [6.07, 6.45) is -0.478. The quantitative estimate of drug-likeness (QED) is 0.607. The molecule has 0 saturated carbocycles. The molecule has 0 radical (unpaired) electrons. The van der Waals surface area contributed by atoms with Crippen LogP contribution >= 0.6 is 0 Å². The molecule has 3 aromatic rings. The molecule has 3 amide bonds. The van der Waals surface area contributed by atoms with Crippen molar-refractivity contribution in [1.82, 2.24) is 15.1 Å². The average molecular weight is 474 g/mol. The minimum Gasteiger partial charge on any atom is -0.444 e. The van der Waals surface area contributed by atoms with E-state index >= 15 is 0 Å². The van der Waals surface area contributed by atoms with Gasteiger partial charge >= 0.3 is 6.09 Å². The molecule has 4 rings (SSSR count). The zero-order valence-electron chi connectivity index (χ0n) is 20.4. The Labute approximate surface area is 205 Å². The summed E-state index contributed by atoms with van der Waals surface area (Å²) in [6.45, 7) is 7.70. The molecule has 1 saturated heterocycles. The highest BCUT2D eigenvalue weighted by molar-refractivity contribution is 6.07. The van der Waals surface area contributed by atoms with E-state index < -0.39 is 11.7 Å². The van der Waals surface area contributed by atoms with Crippen LogP contribution in [0.25, 0.3) is 10.8 Å². The van der Waals surface area contributed by atoms with Crippen molar-refractivity contribution in [3.05, 3.63) is 83.4 Å². The first-order chi connectivity index (χ1) is 16.7. The van der Waals surface area contributed by atoms with Crippen molar-refractivity contribution >= 4 is 28.7 Å². The maximum Gasteiger partial charge on any atom is 0.407 e. The smallest absolute Gasteiger partial charge is 0.407 e. The Kier molecular flexibility index (Phi) is 7.05. The van der Waals surface area contributed by atoms with Gasteiger partial charge in [0.05, 0.1) is 0 Å². The molecule has 1 heterocycles. The van der Waals surface area contributed by atoms with Crippen LogP contribution in [-0.4, -0.2) is 59.5 Å². The van der Waals surface area contributed by atoms with E-state index in [2.05, 4.69) is 5.32 Å². The summed E-state index contributed by atoms with van der Waals surface area (Å²) in [5.41, 5.74) is 1.60. The summed E-state index contributed by atoms with van der Waals surface area (Å²) in [5.74, 6) is -0.0651. The second kappa shape index (κ2) is 10.2. The summed E-state index contributed by atoms with van der Waals surface area (Å²) in [5, 5.41) is 4.70. The monoisotopic (exact) mass is 473 g/mol. The van der Waals surface area contributed by atoms with Crippen molar-refractivity contribution in [2.45, 2.75) is 32.9 Å². The number of piperazine rings is 1. The Morgan fingerprint density at radius 1 is 0.800 bits per heavy atom. The lowest BCUT2D eigenvalue weighted by molar-refractivity contribution is 0.0523. The Hall–Kier alpha value is -3.87. The van der Waals surface area contributed by atoms with E-state index in [0.717, 1.165) is 16.3 Å². The number of fused-ring (bicyclic) bond motifs is 1. The Bertz CT molecular complexity index is 1220. The second-order valence-electron chi connectivity index (χ2n) is 9.66. The number of ether oxygens (including phenoxy) is 1. The van der Waals surface area contributed by atoms with Gasteiger partial charge < -0.3 is 19.9 Å². The van der Waals surface area contributed by atoms with Gasteiger partial charge in [-0.1, -0.05) is 48.5 Å². The standard InChI is InChI=1S/C28H31N3O4/c1-28(2,3)35-27(34)29-19-20-11-13-22(14-12-20)25(32)30-15-17-31(18-16-30)26(33)24-10-6-8-21-7-4-5-9-23(21)24/h4-14H,15-19H2,1-3H3,(H,29,34). The summed E-state index contributed by atoms with van der Waals surface area (Å²) in [4.78, 5) is 41.6. The number of rotatable bonds is 4. The third-order valence-corrected chi connectivity index (χ3v) is 5.91. The topological polar surface area (TPSA) is 79.0 Å². The Morgan fingerprint density at radius 2 is 1.40 bits per heavy atom. The highest BCUT2D eigenvalue weighted by Crippen LogP contribution is 2.21. The van der Waals surface area contributed by atoms with Crippen LogP contribution < -0.4 is 5.32 Å². The van der Waals surface area contributed by atoms with Gasteiger partial charge in [-0.15, -0.1) is 0 Å². The van der Waals surface area contributed by atoms with E-state index in [0.29, 0.717) is 43.9 Å². The van der Waals surface area contributed by atoms with Crippen LogP contribution in [0.3, 0.4) is 0 Å². The predicted molar refractivity (Wildman–Crippen MR) is 135 cm³/mol. The number of nitrogens with zero attached hydrogens (tertiary/aromatic N) is 2. The van der Waals surface area contributed by atoms with E-state index in [1.165, 1.54) is 0 Å².